The number of hydrogen-bond acceptors (Lipinski definition) is 4. The zero-order chi connectivity index (χ0) is 14.6. The molecule has 7 heteroatoms. The first-order chi connectivity index (χ1) is 8.92. The molecule has 0 bridgehead atoms. The third-order valence-electron chi connectivity index (χ3n) is 2.85. The molecular weight excluding hydrogens is 314 g/mol. The van der Waals surface area contributed by atoms with Gasteiger partial charge in [-0.05, 0) is 41.1 Å². The van der Waals surface area contributed by atoms with Crippen LogP contribution >= 0.6 is 15.9 Å². The van der Waals surface area contributed by atoms with Gasteiger partial charge in [0.15, 0.2) is 5.84 Å². The lowest BCUT2D eigenvalue weighted by Gasteiger charge is -2.24. The molecule has 0 spiro atoms. The minimum atomic E-state index is -0.518. The summed E-state index contributed by atoms with van der Waals surface area (Å²) in [5.74, 6) is 0.288. The Kier molecular flexibility index (Phi) is 5.17. The SMILES string of the molecule is COc1ccc(Br)c(C(=O)N(C)C(C)C(N)=NO)c1. The van der Waals surface area contributed by atoms with E-state index in [2.05, 4.69) is 21.1 Å². The summed E-state index contributed by atoms with van der Waals surface area (Å²) in [5.41, 5.74) is 5.94. The van der Waals surface area contributed by atoms with Crippen LogP contribution in [0, 0.1) is 0 Å². The Morgan fingerprint density at radius 3 is 2.74 bits per heavy atom. The Balaban J connectivity index is 3.06. The van der Waals surface area contributed by atoms with Gasteiger partial charge in [-0.1, -0.05) is 5.16 Å². The van der Waals surface area contributed by atoms with Crippen molar-refractivity contribution in [1.29, 1.82) is 0 Å². The van der Waals surface area contributed by atoms with Crippen LogP contribution in [0.3, 0.4) is 0 Å². The third kappa shape index (κ3) is 3.37. The van der Waals surface area contributed by atoms with E-state index < -0.39 is 6.04 Å². The maximum Gasteiger partial charge on any atom is 0.255 e. The molecule has 0 aliphatic heterocycles. The second-order valence-corrected chi connectivity index (χ2v) is 4.82. The van der Waals surface area contributed by atoms with Gasteiger partial charge in [0.25, 0.3) is 5.91 Å². The largest absolute Gasteiger partial charge is 0.497 e. The molecule has 1 unspecified atom stereocenters. The number of ether oxygens (including phenoxy) is 1. The lowest BCUT2D eigenvalue weighted by atomic mass is 10.1. The highest BCUT2D eigenvalue weighted by molar-refractivity contribution is 9.10. The first-order valence-corrected chi connectivity index (χ1v) is 6.29. The highest BCUT2D eigenvalue weighted by atomic mass is 79.9. The molecule has 1 aromatic rings. The number of amides is 1. The van der Waals surface area contributed by atoms with Crippen molar-refractivity contribution in [1.82, 2.24) is 4.90 Å². The van der Waals surface area contributed by atoms with E-state index in [0.717, 1.165) is 0 Å². The van der Waals surface area contributed by atoms with Crippen molar-refractivity contribution in [3.8, 4) is 5.75 Å². The summed E-state index contributed by atoms with van der Waals surface area (Å²) in [6, 6.07) is 4.58. The maximum absolute atomic E-state index is 12.3. The van der Waals surface area contributed by atoms with Gasteiger partial charge in [-0.15, -0.1) is 0 Å². The van der Waals surface area contributed by atoms with Crippen LogP contribution in [0.5, 0.6) is 5.75 Å². The Labute approximate surface area is 120 Å². The van der Waals surface area contributed by atoms with Crippen molar-refractivity contribution in [3.05, 3.63) is 28.2 Å². The van der Waals surface area contributed by atoms with Crippen molar-refractivity contribution in [2.24, 2.45) is 10.9 Å². The molecule has 1 aromatic carbocycles. The quantitative estimate of drug-likeness (QED) is 0.380. The number of amidine groups is 1. The highest BCUT2D eigenvalue weighted by Gasteiger charge is 2.22. The van der Waals surface area contributed by atoms with Gasteiger partial charge in [0.2, 0.25) is 0 Å². The van der Waals surface area contributed by atoms with Crippen molar-refractivity contribution in [2.45, 2.75) is 13.0 Å². The summed E-state index contributed by atoms with van der Waals surface area (Å²) in [4.78, 5) is 13.7. The van der Waals surface area contributed by atoms with Crippen molar-refractivity contribution in [3.63, 3.8) is 0 Å². The highest BCUT2D eigenvalue weighted by Crippen LogP contribution is 2.24. The molecule has 0 heterocycles. The first kappa shape index (κ1) is 15.3. The lowest BCUT2D eigenvalue weighted by molar-refractivity contribution is 0.0775. The van der Waals surface area contributed by atoms with Gasteiger partial charge < -0.3 is 20.6 Å². The molecular formula is C12H16BrN3O3. The fourth-order valence-electron chi connectivity index (χ4n) is 1.44. The molecule has 1 rings (SSSR count). The van der Waals surface area contributed by atoms with Gasteiger partial charge in [-0.2, -0.15) is 0 Å². The molecule has 0 saturated carbocycles. The number of halogens is 1. The molecule has 0 fully saturated rings. The number of methoxy groups -OCH3 is 1. The van der Waals surface area contributed by atoms with Gasteiger partial charge in [-0.25, -0.2) is 0 Å². The normalized spacial score (nSPS) is 12.9. The number of oxime groups is 1. The van der Waals surface area contributed by atoms with Gasteiger partial charge in [0.05, 0.1) is 18.7 Å². The van der Waals surface area contributed by atoms with Crippen LogP contribution in [0.25, 0.3) is 0 Å². The van der Waals surface area contributed by atoms with Gasteiger partial charge in [-0.3, -0.25) is 4.79 Å². The maximum atomic E-state index is 12.3. The van der Waals surface area contributed by atoms with Crippen LogP contribution in [0.4, 0.5) is 0 Å². The standard InChI is InChI=1S/C12H16BrN3O3/c1-7(11(14)15-18)16(2)12(17)9-6-8(19-3)4-5-10(9)13/h4-7,18H,1-3H3,(H2,14,15). The Morgan fingerprint density at radius 1 is 1.58 bits per heavy atom. The van der Waals surface area contributed by atoms with Crippen LogP contribution in [0.1, 0.15) is 17.3 Å². The van der Waals surface area contributed by atoms with E-state index in [1.807, 2.05) is 0 Å². The van der Waals surface area contributed by atoms with E-state index >= 15 is 0 Å². The Bertz CT molecular complexity index is 505. The van der Waals surface area contributed by atoms with E-state index in [1.165, 1.54) is 12.0 Å². The minimum Gasteiger partial charge on any atom is -0.497 e. The van der Waals surface area contributed by atoms with Crippen LogP contribution in [-0.2, 0) is 0 Å². The number of nitrogens with two attached hydrogens (primary N) is 1. The monoisotopic (exact) mass is 329 g/mol. The summed E-state index contributed by atoms with van der Waals surface area (Å²) in [6.45, 7) is 1.67. The molecule has 1 amide bonds. The van der Waals surface area contributed by atoms with Gasteiger partial charge >= 0.3 is 0 Å². The molecule has 104 valence electrons. The van der Waals surface area contributed by atoms with E-state index in [1.54, 1.807) is 32.2 Å². The average Bonchev–Trinajstić information content (AvgIpc) is 2.44. The average molecular weight is 330 g/mol. The minimum absolute atomic E-state index is 0.0325. The molecule has 3 N–H and O–H groups in total. The van der Waals surface area contributed by atoms with E-state index in [0.29, 0.717) is 15.8 Å². The number of carbonyl (C=O) groups is 1. The van der Waals surface area contributed by atoms with E-state index in [9.17, 15) is 4.79 Å². The summed E-state index contributed by atoms with van der Waals surface area (Å²) >= 11 is 3.32. The zero-order valence-corrected chi connectivity index (χ0v) is 12.5. The number of likely N-dealkylation sites (N-methyl/N-ethyl adjacent to an activating group) is 1. The lowest BCUT2D eigenvalue weighted by Crippen LogP contribution is -2.43. The molecule has 19 heavy (non-hydrogen) atoms. The number of hydrogen-bond donors (Lipinski definition) is 2. The summed E-state index contributed by atoms with van der Waals surface area (Å²) in [5, 5.41) is 11.5. The van der Waals surface area contributed by atoms with Crippen LogP contribution in [-0.4, -0.2) is 42.0 Å². The van der Waals surface area contributed by atoms with Crippen molar-refractivity contribution in [2.75, 3.05) is 14.2 Å². The molecule has 6 nitrogen and oxygen atoms in total. The first-order valence-electron chi connectivity index (χ1n) is 5.50. The van der Waals surface area contributed by atoms with Crippen LogP contribution < -0.4 is 10.5 Å². The summed E-state index contributed by atoms with van der Waals surface area (Å²) in [7, 11) is 3.11. The van der Waals surface area contributed by atoms with E-state index in [4.69, 9.17) is 15.7 Å². The van der Waals surface area contributed by atoms with Crippen LogP contribution in [0.15, 0.2) is 27.8 Å². The predicted molar refractivity (Wildman–Crippen MR) is 75.7 cm³/mol. The topological polar surface area (TPSA) is 88.2 Å². The predicted octanol–water partition coefficient (Wildman–Crippen LogP) is 1.66. The van der Waals surface area contributed by atoms with Crippen LogP contribution in [0.2, 0.25) is 0 Å². The Morgan fingerprint density at radius 2 is 2.21 bits per heavy atom. The smallest absolute Gasteiger partial charge is 0.255 e. The molecule has 1 atom stereocenters. The number of benzene rings is 1. The summed E-state index contributed by atoms with van der Waals surface area (Å²) in [6.07, 6.45) is 0. The molecule has 0 aliphatic carbocycles. The summed E-state index contributed by atoms with van der Waals surface area (Å²) < 4.78 is 5.74. The zero-order valence-electron chi connectivity index (χ0n) is 10.9. The second kappa shape index (κ2) is 6.42. The third-order valence-corrected chi connectivity index (χ3v) is 3.54. The number of rotatable bonds is 4. The van der Waals surface area contributed by atoms with Crippen molar-refractivity contribution >= 4 is 27.7 Å². The van der Waals surface area contributed by atoms with Gasteiger partial charge in [0, 0.05) is 11.5 Å². The number of nitrogens with zero attached hydrogens (tertiary/aromatic N) is 2. The molecule has 0 radical (unpaired) electrons. The fraction of sp³-hybridized carbons (Fsp3) is 0.333. The van der Waals surface area contributed by atoms with Gasteiger partial charge in [0.1, 0.15) is 5.75 Å². The molecule has 0 aromatic heterocycles. The number of carbonyl (C=O) groups excluding carboxylic acids is 1. The second-order valence-electron chi connectivity index (χ2n) is 3.96. The van der Waals surface area contributed by atoms with Crippen molar-refractivity contribution < 1.29 is 14.7 Å². The van der Waals surface area contributed by atoms with E-state index in [-0.39, 0.29) is 11.7 Å². The molecule has 0 saturated heterocycles. The Hall–Kier alpha value is -1.76. The molecule has 0 aliphatic rings. The fourth-order valence-corrected chi connectivity index (χ4v) is 1.86.